The highest BCUT2D eigenvalue weighted by Crippen LogP contribution is 2.32. The molecule has 5 nitrogen and oxygen atoms in total. The van der Waals surface area contributed by atoms with Crippen LogP contribution in [0.1, 0.15) is 30.3 Å². The highest BCUT2D eigenvalue weighted by Gasteiger charge is 2.28. The number of thiazole rings is 1. The van der Waals surface area contributed by atoms with Crippen LogP contribution < -0.4 is 5.56 Å². The van der Waals surface area contributed by atoms with Crippen LogP contribution in [0.5, 0.6) is 0 Å². The molecule has 4 heterocycles. The first-order chi connectivity index (χ1) is 10.7. The summed E-state index contributed by atoms with van der Waals surface area (Å²) in [5, 5.41) is 1.90. The summed E-state index contributed by atoms with van der Waals surface area (Å²) in [6.45, 7) is 1.79. The number of aromatic nitrogens is 3. The van der Waals surface area contributed by atoms with Crippen LogP contribution >= 0.6 is 11.3 Å². The quantitative estimate of drug-likeness (QED) is 0.746. The van der Waals surface area contributed by atoms with Gasteiger partial charge in [0.15, 0.2) is 4.96 Å². The zero-order valence-corrected chi connectivity index (χ0v) is 13.3. The largest absolute Gasteiger partial charge is 0.353 e. The maximum Gasteiger partial charge on any atom is 0.258 e. The van der Waals surface area contributed by atoms with Gasteiger partial charge in [-0.25, -0.2) is 4.98 Å². The van der Waals surface area contributed by atoms with Crippen LogP contribution in [-0.2, 0) is 13.6 Å². The Hall–Kier alpha value is -1.92. The number of likely N-dealkylation sites (tertiary alicyclic amines) is 1. The SMILES string of the molecule is Cn1cccc1C1CCCN1Cc1cc(=O)n2ccsc2n1. The molecule has 0 bridgehead atoms. The molecule has 0 aromatic carbocycles. The molecule has 3 aromatic rings. The number of nitrogens with zero attached hydrogens (tertiary/aromatic N) is 4. The molecule has 22 heavy (non-hydrogen) atoms. The number of rotatable bonds is 3. The molecule has 1 fully saturated rings. The van der Waals surface area contributed by atoms with Crippen molar-refractivity contribution in [1.82, 2.24) is 18.9 Å². The predicted molar refractivity (Wildman–Crippen MR) is 87.1 cm³/mol. The van der Waals surface area contributed by atoms with Crippen LogP contribution in [0, 0.1) is 0 Å². The Labute approximate surface area is 132 Å². The van der Waals surface area contributed by atoms with Gasteiger partial charge >= 0.3 is 0 Å². The van der Waals surface area contributed by atoms with E-state index in [2.05, 4.69) is 39.8 Å². The third-order valence-electron chi connectivity index (χ3n) is 4.41. The monoisotopic (exact) mass is 314 g/mol. The van der Waals surface area contributed by atoms with E-state index in [0.717, 1.165) is 30.2 Å². The first kappa shape index (κ1) is 13.7. The van der Waals surface area contributed by atoms with E-state index in [0.29, 0.717) is 6.04 Å². The predicted octanol–water partition coefficient (Wildman–Crippen LogP) is 2.43. The summed E-state index contributed by atoms with van der Waals surface area (Å²) < 4.78 is 3.79. The molecule has 0 saturated carbocycles. The fraction of sp³-hybridized carbons (Fsp3) is 0.375. The molecule has 3 aromatic heterocycles. The van der Waals surface area contributed by atoms with Gasteiger partial charge in [0.1, 0.15) is 0 Å². The van der Waals surface area contributed by atoms with E-state index in [1.807, 2.05) is 5.38 Å². The molecule has 1 aliphatic heterocycles. The van der Waals surface area contributed by atoms with Crippen molar-refractivity contribution in [1.29, 1.82) is 0 Å². The zero-order valence-electron chi connectivity index (χ0n) is 12.5. The van der Waals surface area contributed by atoms with Gasteiger partial charge in [-0.15, -0.1) is 11.3 Å². The third-order valence-corrected chi connectivity index (χ3v) is 5.17. The van der Waals surface area contributed by atoms with E-state index in [9.17, 15) is 4.79 Å². The van der Waals surface area contributed by atoms with E-state index in [-0.39, 0.29) is 5.56 Å². The van der Waals surface area contributed by atoms with Crippen LogP contribution in [0.15, 0.2) is 40.8 Å². The van der Waals surface area contributed by atoms with Crippen molar-refractivity contribution in [3.63, 3.8) is 0 Å². The first-order valence-electron chi connectivity index (χ1n) is 7.53. The maximum atomic E-state index is 12.1. The molecule has 0 N–H and O–H groups in total. The molecule has 114 valence electrons. The fourth-order valence-electron chi connectivity index (χ4n) is 3.35. The first-order valence-corrected chi connectivity index (χ1v) is 8.41. The Bertz CT molecular complexity index is 862. The molecule has 4 rings (SSSR count). The van der Waals surface area contributed by atoms with E-state index >= 15 is 0 Å². The summed E-state index contributed by atoms with van der Waals surface area (Å²) in [6, 6.07) is 6.37. The molecule has 0 amide bonds. The topological polar surface area (TPSA) is 42.5 Å². The van der Waals surface area contributed by atoms with Gasteiger partial charge < -0.3 is 4.57 Å². The summed E-state index contributed by atoms with van der Waals surface area (Å²) in [6.07, 6.45) is 6.23. The molecule has 1 atom stereocenters. The lowest BCUT2D eigenvalue weighted by Gasteiger charge is -2.24. The second-order valence-electron chi connectivity index (χ2n) is 5.81. The Morgan fingerprint density at radius 3 is 3.14 bits per heavy atom. The Morgan fingerprint density at radius 2 is 2.32 bits per heavy atom. The Balaban J connectivity index is 1.64. The average molecular weight is 314 g/mol. The zero-order chi connectivity index (χ0) is 15.1. The van der Waals surface area contributed by atoms with Crippen LogP contribution in [0.25, 0.3) is 4.96 Å². The van der Waals surface area contributed by atoms with Crippen molar-refractivity contribution in [3.8, 4) is 0 Å². The normalized spacial score (nSPS) is 19.2. The van der Waals surface area contributed by atoms with Crippen LogP contribution in [0.2, 0.25) is 0 Å². The molecular weight excluding hydrogens is 296 g/mol. The summed E-state index contributed by atoms with van der Waals surface area (Å²) in [5.74, 6) is 0. The number of hydrogen-bond donors (Lipinski definition) is 0. The van der Waals surface area contributed by atoms with E-state index in [1.165, 1.54) is 23.5 Å². The Kier molecular flexibility index (Phi) is 3.35. The van der Waals surface area contributed by atoms with E-state index < -0.39 is 0 Å². The molecule has 1 aliphatic rings. The molecule has 6 heteroatoms. The standard InChI is InChI=1S/C16H18N4OS/c1-18-6-2-4-13(18)14-5-3-7-19(14)11-12-10-15(21)20-8-9-22-16(20)17-12/h2,4,6,8-10,14H,3,5,7,11H2,1H3. The number of fused-ring (bicyclic) bond motifs is 1. The molecule has 0 radical (unpaired) electrons. The summed E-state index contributed by atoms with van der Waals surface area (Å²) in [7, 11) is 2.09. The number of aryl methyl sites for hydroxylation is 1. The fourth-order valence-corrected chi connectivity index (χ4v) is 4.09. The van der Waals surface area contributed by atoms with Crippen LogP contribution in [-0.4, -0.2) is 25.4 Å². The van der Waals surface area contributed by atoms with Gasteiger partial charge in [0.2, 0.25) is 0 Å². The van der Waals surface area contributed by atoms with E-state index in [4.69, 9.17) is 0 Å². The maximum absolute atomic E-state index is 12.1. The van der Waals surface area contributed by atoms with Gasteiger partial charge in [-0.2, -0.15) is 0 Å². The summed E-state index contributed by atoms with van der Waals surface area (Å²) >= 11 is 1.50. The molecular formula is C16H18N4OS. The molecule has 1 unspecified atom stereocenters. The minimum atomic E-state index is 0.0101. The minimum absolute atomic E-state index is 0.0101. The smallest absolute Gasteiger partial charge is 0.258 e. The van der Waals surface area contributed by atoms with Gasteiger partial charge in [0, 0.05) is 43.1 Å². The van der Waals surface area contributed by atoms with Gasteiger partial charge in [-0.05, 0) is 31.5 Å². The van der Waals surface area contributed by atoms with Gasteiger partial charge in [0.05, 0.1) is 11.7 Å². The van der Waals surface area contributed by atoms with Crippen molar-refractivity contribution < 1.29 is 0 Å². The summed E-state index contributed by atoms with van der Waals surface area (Å²) in [5.41, 5.74) is 2.22. The lowest BCUT2D eigenvalue weighted by Crippen LogP contribution is -2.26. The lowest BCUT2D eigenvalue weighted by molar-refractivity contribution is 0.238. The van der Waals surface area contributed by atoms with Crippen molar-refractivity contribution >= 4 is 16.3 Å². The second-order valence-corrected chi connectivity index (χ2v) is 6.69. The van der Waals surface area contributed by atoms with Crippen LogP contribution in [0.4, 0.5) is 0 Å². The molecule has 0 spiro atoms. The summed E-state index contributed by atoms with van der Waals surface area (Å²) in [4.78, 5) is 19.9. The molecule has 1 saturated heterocycles. The van der Waals surface area contributed by atoms with Crippen molar-refractivity contribution in [3.05, 3.63) is 57.7 Å². The van der Waals surface area contributed by atoms with Crippen molar-refractivity contribution in [2.24, 2.45) is 7.05 Å². The lowest BCUT2D eigenvalue weighted by atomic mass is 10.1. The van der Waals surface area contributed by atoms with Gasteiger partial charge in [-0.1, -0.05) is 0 Å². The highest BCUT2D eigenvalue weighted by molar-refractivity contribution is 7.15. The second kappa shape index (κ2) is 5.37. The third kappa shape index (κ3) is 2.28. The van der Waals surface area contributed by atoms with Gasteiger partial charge in [-0.3, -0.25) is 14.1 Å². The minimum Gasteiger partial charge on any atom is -0.353 e. The van der Waals surface area contributed by atoms with E-state index in [1.54, 1.807) is 16.7 Å². The van der Waals surface area contributed by atoms with Crippen molar-refractivity contribution in [2.75, 3.05) is 6.54 Å². The van der Waals surface area contributed by atoms with Gasteiger partial charge in [0.25, 0.3) is 5.56 Å². The molecule has 0 aliphatic carbocycles. The average Bonchev–Trinajstić information content (AvgIpc) is 3.19. The van der Waals surface area contributed by atoms with Crippen molar-refractivity contribution in [2.45, 2.75) is 25.4 Å². The Morgan fingerprint density at radius 1 is 1.41 bits per heavy atom. The highest BCUT2D eigenvalue weighted by atomic mass is 32.1. The number of hydrogen-bond acceptors (Lipinski definition) is 4. The van der Waals surface area contributed by atoms with Crippen LogP contribution in [0.3, 0.4) is 0 Å².